The van der Waals surface area contributed by atoms with Crippen molar-refractivity contribution in [3.63, 3.8) is 0 Å². The minimum absolute atomic E-state index is 0.157. The molecular formula is C10H10N4O2. The first-order valence-corrected chi connectivity index (χ1v) is 4.60. The van der Waals surface area contributed by atoms with Crippen LogP contribution >= 0.6 is 0 Å². The van der Waals surface area contributed by atoms with Gasteiger partial charge in [0.25, 0.3) is 5.91 Å². The fourth-order valence-electron chi connectivity index (χ4n) is 1.21. The summed E-state index contributed by atoms with van der Waals surface area (Å²) in [6, 6.07) is 3.33. The number of carbonyl (C=O) groups is 1. The number of hydrogen-bond donors (Lipinski definition) is 2. The molecule has 2 aromatic rings. The molecule has 0 atom stereocenters. The number of hydrogen-bond acceptors (Lipinski definition) is 5. The summed E-state index contributed by atoms with van der Waals surface area (Å²) in [5.41, 5.74) is 6.55. The summed E-state index contributed by atoms with van der Waals surface area (Å²) < 4.78 is 4.95. The van der Waals surface area contributed by atoms with Crippen LogP contribution in [0.4, 0.5) is 11.5 Å². The fraction of sp³-hybridized carbons (Fsp3) is 0.100. The van der Waals surface area contributed by atoms with Gasteiger partial charge >= 0.3 is 0 Å². The molecule has 2 aromatic heterocycles. The number of carbonyl (C=O) groups excluding carboxylic acids is 1. The van der Waals surface area contributed by atoms with E-state index in [0.29, 0.717) is 17.2 Å². The number of nitrogens with zero attached hydrogens (tertiary/aromatic N) is 2. The maximum absolute atomic E-state index is 11.7. The van der Waals surface area contributed by atoms with Crippen LogP contribution in [0.2, 0.25) is 0 Å². The van der Waals surface area contributed by atoms with Crippen LogP contribution in [-0.2, 0) is 0 Å². The van der Waals surface area contributed by atoms with Gasteiger partial charge in [0.1, 0.15) is 0 Å². The Labute approximate surface area is 91.5 Å². The lowest BCUT2D eigenvalue weighted by Crippen LogP contribution is -2.14. The zero-order valence-corrected chi connectivity index (χ0v) is 8.60. The van der Waals surface area contributed by atoms with E-state index in [0.717, 1.165) is 0 Å². The van der Waals surface area contributed by atoms with Gasteiger partial charge in [0.05, 0.1) is 11.4 Å². The Morgan fingerprint density at radius 2 is 2.31 bits per heavy atom. The van der Waals surface area contributed by atoms with Gasteiger partial charge < -0.3 is 15.5 Å². The van der Waals surface area contributed by atoms with E-state index in [9.17, 15) is 4.79 Å². The van der Waals surface area contributed by atoms with Crippen LogP contribution in [0.5, 0.6) is 0 Å². The molecule has 0 aliphatic heterocycles. The van der Waals surface area contributed by atoms with Crippen molar-refractivity contribution in [3.8, 4) is 0 Å². The molecule has 0 saturated heterocycles. The minimum atomic E-state index is -0.416. The van der Waals surface area contributed by atoms with Crippen molar-refractivity contribution in [2.75, 3.05) is 11.1 Å². The van der Waals surface area contributed by atoms with Crippen molar-refractivity contribution >= 4 is 17.4 Å². The summed E-state index contributed by atoms with van der Waals surface area (Å²) in [6.07, 6.45) is 2.76. The number of nitrogens with one attached hydrogen (secondary N) is 1. The lowest BCUT2D eigenvalue weighted by atomic mass is 10.3. The maximum atomic E-state index is 11.7. The molecule has 0 spiro atoms. The number of oxazole rings is 1. The number of amides is 1. The Hall–Kier alpha value is -2.37. The summed E-state index contributed by atoms with van der Waals surface area (Å²) in [6.45, 7) is 1.68. The first kappa shape index (κ1) is 10.2. The highest BCUT2D eigenvalue weighted by Crippen LogP contribution is 2.15. The minimum Gasteiger partial charge on any atom is -0.438 e. The number of nitrogens with two attached hydrogens (primary N) is 1. The topological polar surface area (TPSA) is 94.0 Å². The smallest absolute Gasteiger partial charge is 0.294 e. The molecule has 0 aliphatic carbocycles. The van der Waals surface area contributed by atoms with Crippen LogP contribution in [0.1, 0.15) is 16.2 Å². The van der Waals surface area contributed by atoms with Crippen molar-refractivity contribution in [2.24, 2.45) is 0 Å². The van der Waals surface area contributed by atoms with Crippen LogP contribution in [0.25, 0.3) is 0 Å². The lowest BCUT2D eigenvalue weighted by molar-refractivity contribution is 0.0995. The van der Waals surface area contributed by atoms with E-state index in [2.05, 4.69) is 15.3 Å². The summed E-state index contributed by atoms with van der Waals surface area (Å²) >= 11 is 0. The molecule has 16 heavy (non-hydrogen) atoms. The van der Waals surface area contributed by atoms with Crippen molar-refractivity contribution < 1.29 is 9.21 Å². The summed E-state index contributed by atoms with van der Waals surface area (Å²) in [4.78, 5) is 19.5. The van der Waals surface area contributed by atoms with Crippen LogP contribution < -0.4 is 11.1 Å². The van der Waals surface area contributed by atoms with Gasteiger partial charge in [0.15, 0.2) is 12.2 Å². The molecule has 6 nitrogen and oxygen atoms in total. The third-order valence-electron chi connectivity index (χ3n) is 2.02. The van der Waals surface area contributed by atoms with Crippen molar-refractivity contribution in [1.82, 2.24) is 9.97 Å². The maximum Gasteiger partial charge on any atom is 0.294 e. The van der Waals surface area contributed by atoms with Gasteiger partial charge in [-0.15, -0.1) is 0 Å². The summed E-state index contributed by atoms with van der Waals surface area (Å²) in [5.74, 6) is 0.0498. The highest BCUT2D eigenvalue weighted by molar-refractivity contribution is 6.03. The molecule has 1 amide bonds. The quantitative estimate of drug-likeness (QED) is 0.790. The predicted molar refractivity (Wildman–Crippen MR) is 57.8 cm³/mol. The van der Waals surface area contributed by atoms with Gasteiger partial charge in [-0.3, -0.25) is 4.79 Å². The van der Waals surface area contributed by atoms with E-state index in [1.54, 1.807) is 25.3 Å². The Morgan fingerprint density at radius 3 is 2.94 bits per heavy atom. The molecule has 3 N–H and O–H groups in total. The molecule has 82 valence electrons. The highest BCUT2D eigenvalue weighted by Gasteiger charge is 2.15. The van der Waals surface area contributed by atoms with E-state index in [1.165, 1.54) is 6.39 Å². The van der Waals surface area contributed by atoms with Crippen molar-refractivity contribution in [1.29, 1.82) is 0 Å². The molecule has 2 rings (SSSR count). The SMILES string of the molecule is Cc1ncoc1C(=O)Nc1ncccc1N. The van der Waals surface area contributed by atoms with Gasteiger partial charge in [-0.05, 0) is 19.1 Å². The molecule has 0 saturated carbocycles. The summed E-state index contributed by atoms with van der Waals surface area (Å²) in [5, 5.41) is 2.54. The highest BCUT2D eigenvalue weighted by atomic mass is 16.3. The number of rotatable bonds is 2. The van der Waals surface area contributed by atoms with Crippen LogP contribution in [0.15, 0.2) is 29.1 Å². The number of aromatic nitrogens is 2. The van der Waals surface area contributed by atoms with Crippen LogP contribution in [-0.4, -0.2) is 15.9 Å². The average molecular weight is 218 g/mol. The molecule has 0 bridgehead atoms. The Kier molecular flexibility index (Phi) is 2.55. The van der Waals surface area contributed by atoms with Crippen molar-refractivity contribution in [2.45, 2.75) is 6.92 Å². The van der Waals surface area contributed by atoms with Gasteiger partial charge in [-0.2, -0.15) is 0 Å². The third kappa shape index (κ3) is 1.85. The molecule has 0 aromatic carbocycles. The molecule has 6 heteroatoms. The van der Waals surface area contributed by atoms with Crippen molar-refractivity contribution in [3.05, 3.63) is 36.2 Å². The Morgan fingerprint density at radius 1 is 1.50 bits per heavy atom. The zero-order chi connectivity index (χ0) is 11.5. The van der Waals surface area contributed by atoms with Gasteiger partial charge in [0, 0.05) is 6.20 Å². The number of nitrogen functional groups attached to an aromatic ring is 1. The third-order valence-corrected chi connectivity index (χ3v) is 2.02. The predicted octanol–water partition coefficient (Wildman–Crippen LogP) is 1.21. The lowest BCUT2D eigenvalue weighted by Gasteiger charge is -2.04. The number of anilines is 2. The standard InChI is InChI=1S/C10H10N4O2/c1-6-8(16-5-13-6)10(15)14-9-7(11)3-2-4-12-9/h2-5H,11H2,1H3,(H,12,14,15). The second-order valence-corrected chi connectivity index (χ2v) is 3.16. The molecule has 0 radical (unpaired) electrons. The monoisotopic (exact) mass is 218 g/mol. The number of pyridine rings is 1. The molecule has 0 aliphatic rings. The van der Waals surface area contributed by atoms with Gasteiger partial charge in [-0.25, -0.2) is 9.97 Å². The van der Waals surface area contributed by atoms with Crippen LogP contribution in [0, 0.1) is 6.92 Å². The molecule has 0 fully saturated rings. The largest absolute Gasteiger partial charge is 0.438 e. The first-order valence-electron chi connectivity index (χ1n) is 4.60. The molecular weight excluding hydrogens is 208 g/mol. The van der Waals surface area contributed by atoms with E-state index in [1.807, 2.05) is 0 Å². The zero-order valence-electron chi connectivity index (χ0n) is 8.60. The first-order chi connectivity index (χ1) is 7.68. The molecule has 0 unspecified atom stereocenters. The number of aryl methyl sites for hydroxylation is 1. The van der Waals surface area contributed by atoms with Gasteiger partial charge in [-0.1, -0.05) is 0 Å². The Balaban J connectivity index is 2.21. The normalized spacial score (nSPS) is 10.1. The van der Waals surface area contributed by atoms with E-state index in [-0.39, 0.29) is 5.76 Å². The van der Waals surface area contributed by atoms with Crippen LogP contribution in [0.3, 0.4) is 0 Å². The second-order valence-electron chi connectivity index (χ2n) is 3.16. The Bertz CT molecular complexity index is 521. The van der Waals surface area contributed by atoms with E-state index in [4.69, 9.17) is 10.2 Å². The van der Waals surface area contributed by atoms with E-state index < -0.39 is 5.91 Å². The average Bonchev–Trinajstić information content (AvgIpc) is 2.68. The molecule has 2 heterocycles. The summed E-state index contributed by atoms with van der Waals surface area (Å²) in [7, 11) is 0. The van der Waals surface area contributed by atoms with E-state index >= 15 is 0 Å². The second kappa shape index (κ2) is 4.01. The fourth-order valence-corrected chi connectivity index (χ4v) is 1.21. The van der Waals surface area contributed by atoms with Gasteiger partial charge in [0.2, 0.25) is 5.76 Å².